The maximum absolute atomic E-state index is 14.4. The first-order valence-electron chi connectivity index (χ1n) is 23.2. The molecule has 15 nitrogen and oxygen atoms in total. The van der Waals surface area contributed by atoms with Crippen LogP contribution in [-0.2, 0) is 27.5 Å². The van der Waals surface area contributed by atoms with Crippen LogP contribution < -0.4 is 18.9 Å². The van der Waals surface area contributed by atoms with E-state index in [4.69, 9.17) is 38.4 Å². The van der Waals surface area contributed by atoms with Crippen molar-refractivity contribution in [2.75, 3.05) is 46.1 Å². The lowest BCUT2D eigenvalue weighted by Gasteiger charge is -2.59. The molecular formula is C52H59N3O12S. The van der Waals surface area contributed by atoms with Crippen LogP contribution in [0.3, 0.4) is 0 Å². The van der Waals surface area contributed by atoms with Gasteiger partial charge in [0.1, 0.15) is 24.1 Å². The Kier molecular flexibility index (Phi) is 16.2. The number of nitro benzene ring substituents is 1. The normalized spacial score (nSPS) is 22.5. The second kappa shape index (κ2) is 22.8. The molecule has 4 aromatic carbocycles. The monoisotopic (exact) mass is 949 g/mol. The lowest BCUT2D eigenvalue weighted by Crippen LogP contribution is -2.70. The van der Waals surface area contributed by atoms with E-state index in [0.29, 0.717) is 53.7 Å². The summed E-state index contributed by atoms with van der Waals surface area (Å²) in [4.78, 5) is 34.4. The van der Waals surface area contributed by atoms with Crippen molar-refractivity contribution in [3.05, 3.63) is 142 Å². The van der Waals surface area contributed by atoms with Gasteiger partial charge in [0, 0.05) is 60.4 Å². The molecule has 0 unspecified atom stereocenters. The molecule has 1 fully saturated rings. The first-order valence-corrected chi connectivity index (χ1v) is 24.2. The van der Waals surface area contributed by atoms with E-state index < -0.39 is 28.8 Å². The average molecular weight is 950 g/mol. The zero-order chi connectivity index (χ0) is 47.5. The van der Waals surface area contributed by atoms with Crippen LogP contribution in [0.25, 0.3) is 0 Å². The molecule has 1 saturated carbocycles. The van der Waals surface area contributed by atoms with Crippen LogP contribution in [0.4, 0.5) is 10.5 Å². The van der Waals surface area contributed by atoms with Gasteiger partial charge in [-0.3, -0.25) is 15.0 Å². The van der Waals surface area contributed by atoms with Gasteiger partial charge in [0.2, 0.25) is 12.6 Å². The highest BCUT2D eigenvalue weighted by atomic mass is 32.2. The highest BCUT2D eigenvalue weighted by molar-refractivity contribution is 7.99. The predicted molar refractivity (Wildman–Crippen MR) is 256 cm³/mol. The van der Waals surface area contributed by atoms with Crippen molar-refractivity contribution in [2.24, 2.45) is 22.9 Å². The fourth-order valence-corrected chi connectivity index (χ4v) is 10.9. The molecule has 2 N–H and O–H groups in total. The average Bonchev–Trinajstić information content (AvgIpc) is 3.84. The minimum atomic E-state index is -1.53. The van der Waals surface area contributed by atoms with Gasteiger partial charge in [-0.15, -0.1) is 18.3 Å². The summed E-state index contributed by atoms with van der Waals surface area (Å²) in [5.41, 5.74) is 3.77. The zero-order valence-corrected chi connectivity index (χ0v) is 39.1. The Labute approximate surface area is 400 Å². The molecule has 2 aliphatic carbocycles. The Morgan fingerprint density at radius 3 is 2.46 bits per heavy atom. The maximum Gasteiger partial charge on any atom is 0.410 e. The van der Waals surface area contributed by atoms with E-state index in [0.717, 1.165) is 53.0 Å². The molecule has 68 heavy (non-hydrogen) atoms. The number of thioether (sulfide) groups is 1. The van der Waals surface area contributed by atoms with Gasteiger partial charge in [-0.25, -0.2) is 4.79 Å². The summed E-state index contributed by atoms with van der Waals surface area (Å²) in [7, 11) is 1.34. The summed E-state index contributed by atoms with van der Waals surface area (Å²) in [6.07, 6.45) is 7.78. The van der Waals surface area contributed by atoms with E-state index in [2.05, 4.69) is 30.9 Å². The van der Waals surface area contributed by atoms with E-state index in [9.17, 15) is 25.1 Å². The van der Waals surface area contributed by atoms with Gasteiger partial charge in [0.25, 0.3) is 5.69 Å². The standard InChI is InChI=1S/C52H59N3O12S/c1-3-25-65-52-48(54(51(58)61-2)32-36-17-21-46-47(28-36)64-34-63-46)31-44(53-66-33-35-15-18-38(19-16-35)55(59)60)42-29-37(11-7-9-23-56)41(14-8-10-24-57)49(50(42)52)43-30-39(20-22-45(43)67-52)62-26-27-68-40-12-5-4-6-13-40/h3-6,12-13,15-22,28-30,37,41,48-50,56-57H,1,7-11,14,23-27,31-34H2,2H3/t37-,41+,48-,49+,50+,52+/m0/s1. The Balaban J connectivity index is 1.27. The van der Waals surface area contributed by atoms with Gasteiger partial charge < -0.3 is 43.5 Å². The van der Waals surface area contributed by atoms with Crippen LogP contribution >= 0.6 is 11.8 Å². The number of oxime groups is 1. The highest BCUT2D eigenvalue weighted by Gasteiger charge is 2.65. The van der Waals surface area contributed by atoms with E-state index in [-0.39, 0.29) is 69.6 Å². The third kappa shape index (κ3) is 10.8. The second-order valence-electron chi connectivity index (χ2n) is 17.3. The van der Waals surface area contributed by atoms with E-state index >= 15 is 0 Å². The third-order valence-corrected chi connectivity index (χ3v) is 14.1. The molecule has 0 spiro atoms. The van der Waals surface area contributed by atoms with Crippen molar-refractivity contribution in [1.29, 1.82) is 0 Å². The fourth-order valence-electron chi connectivity index (χ4n) is 10.1. The topological polar surface area (TPSA) is 181 Å². The molecule has 16 heteroatoms. The van der Waals surface area contributed by atoms with Crippen LogP contribution in [0.1, 0.15) is 67.6 Å². The Morgan fingerprint density at radius 2 is 1.71 bits per heavy atom. The van der Waals surface area contributed by atoms with E-state index in [1.165, 1.54) is 19.2 Å². The maximum atomic E-state index is 14.4. The van der Waals surface area contributed by atoms with E-state index in [1.54, 1.807) is 34.9 Å². The number of benzene rings is 4. The molecule has 0 bridgehead atoms. The quantitative estimate of drug-likeness (QED) is 0.0236. The number of nitro groups is 1. The zero-order valence-electron chi connectivity index (χ0n) is 38.2. The van der Waals surface area contributed by atoms with Gasteiger partial charge in [0.15, 0.2) is 11.5 Å². The number of carbonyl (C=O) groups is 1. The number of unbranched alkanes of at least 4 members (excludes halogenated alkanes) is 2. The lowest BCUT2D eigenvalue weighted by atomic mass is 9.55. The van der Waals surface area contributed by atoms with Crippen molar-refractivity contribution in [3.63, 3.8) is 0 Å². The van der Waals surface area contributed by atoms with Crippen molar-refractivity contribution < 1.29 is 53.2 Å². The summed E-state index contributed by atoms with van der Waals surface area (Å²) in [6, 6.07) is 26.9. The van der Waals surface area contributed by atoms with Gasteiger partial charge in [-0.05, 0) is 109 Å². The Hall–Kier alpha value is -6.07. The largest absolute Gasteiger partial charge is 0.493 e. The lowest BCUT2D eigenvalue weighted by molar-refractivity contribution is -0.384. The molecule has 360 valence electrons. The number of carbonyl (C=O) groups excluding carboxylic acids is 1. The Morgan fingerprint density at radius 1 is 0.956 bits per heavy atom. The van der Waals surface area contributed by atoms with Crippen molar-refractivity contribution in [2.45, 2.75) is 80.7 Å². The van der Waals surface area contributed by atoms with E-state index in [1.807, 2.05) is 48.5 Å². The molecule has 4 aromatic rings. The molecule has 2 heterocycles. The number of rotatable bonds is 23. The molecular weight excluding hydrogens is 891 g/mol. The summed E-state index contributed by atoms with van der Waals surface area (Å²) in [6.45, 7) is 4.90. The van der Waals surface area contributed by atoms with Crippen LogP contribution in [0.2, 0.25) is 0 Å². The number of aliphatic hydroxyl groups excluding tert-OH is 2. The number of hydrogen-bond acceptors (Lipinski definition) is 14. The first-order chi connectivity index (χ1) is 33.3. The molecule has 2 aliphatic heterocycles. The van der Waals surface area contributed by atoms with Gasteiger partial charge in [-0.1, -0.05) is 54.4 Å². The Bertz CT molecular complexity index is 2430. The summed E-state index contributed by atoms with van der Waals surface area (Å²) in [5, 5.41) is 36.3. The predicted octanol–water partition coefficient (Wildman–Crippen LogP) is 9.60. The second-order valence-corrected chi connectivity index (χ2v) is 18.4. The van der Waals surface area contributed by atoms with Crippen molar-refractivity contribution in [1.82, 2.24) is 4.90 Å². The number of hydrogen-bond donors (Lipinski definition) is 2. The molecule has 6 atom stereocenters. The molecule has 8 rings (SSSR count). The molecule has 1 amide bonds. The molecule has 0 aromatic heterocycles. The number of methoxy groups -OCH3 is 1. The van der Waals surface area contributed by atoms with Gasteiger partial charge >= 0.3 is 6.09 Å². The van der Waals surface area contributed by atoms with Crippen LogP contribution in [0, 0.1) is 27.9 Å². The minimum absolute atomic E-state index is 0.00583. The number of fused-ring (bicyclic) bond motifs is 3. The smallest absolute Gasteiger partial charge is 0.410 e. The van der Waals surface area contributed by atoms with Crippen LogP contribution in [0.15, 0.2) is 125 Å². The minimum Gasteiger partial charge on any atom is -0.493 e. The van der Waals surface area contributed by atoms with Gasteiger partial charge in [-0.2, -0.15) is 0 Å². The SMILES string of the molecule is C=CCO[C@@]12Oc3ccc(OCCSc4ccccc4)cc3[C@H]3[C@H](CCCCO)[C@@H](CCCCO)C=C(C(=NOCc4ccc([N+](=O)[O-])cc4)C[C@@H]1N(Cc1ccc4c(c1)OCO4)C(=O)OC)[C@H]32. The number of allylic oxidation sites excluding steroid dienone is 1. The van der Waals surface area contributed by atoms with Gasteiger partial charge in [0.05, 0.1) is 36.9 Å². The fraction of sp³-hybridized carbons (Fsp3) is 0.423. The molecule has 0 radical (unpaired) electrons. The third-order valence-electron chi connectivity index (χ3n) is 13.1. The summed E-state index contributed by atoms with van der Waals surface area (Å²) < 4.78 is 37.9. The first kappa shape index (κ1) is 48.4. The summed E-state index contributed by atoms with van der Waals surface area (Å²) >= 11 is 1.72. The van der Waals surface area contributed by atoms with Crippen LogP contribution in [0.5, 0.6) is 23.0 Å². The van der Waals surface area contributed by atoms with Crippen LogP contribution in [-0.4, -0.2) is 89.8 Å². The highest BCUT2D eigenvalue weighted by Crippen LogP contribution is 2.62. The molecule has 0 saturated heterocycles. The number of ether oxygens (including phenoxy) is 6. The summed E-state index contributed by atoms with van der Waals surface area (Å²) in [5.74, 6) is 0.804. The molecule has 4 aliphatic rings. The number of aliphatic hydroxyl groups is 2. The van der Waals surface area contributed by atoms with Crippen molar-refractivity contribution >= 4 is 29.3 Å². The van der Waals surface area contributed by atoms with Crippen molar-refractivity contribution in [3.8, 4) is 23.0 Å². The number of non-ortho nitro benzene ring substituents is 1. The number of nitrogens with zero attached hydrogens (tertiary/aromatic N) is 3. The number of amides is 1.